The van der Waals surface area contributed by atoms with Crippen molar-refractivity contribution in [2.45, 2.75) is 32.5 Å². The van der Waals surface area contributed by atoms with E-state index in [1.54, 1.807) is 6.92 Å². The fourth-order valence-electron chi connectivity index (χ4n) is 1.77. The molecular weight excluding hydrogens is 348 g/mol. The second-order valence-electron chi connectivity index (χ2n) is 5.17. The molecule has 1 aromatic carbocycles. The van der Waals surface area contributed by atoms with E-state index in [0.29, 0.717) is 12.1 Å². The highest BCUT2D eigenvalue weighted by Crippen LogP contribution is 2.31. The van der Waals surface area contributed by atoms with Crippen molar-refractivity contribution in [1.82, 2.24) is 9.97 Å². The van der Waals surface area contributed by atoms with E-state index in [-0.39, 0.29) is 22.8 Å². The summed E-state index contributed by atoms with van der Waals surface area (Å²) < 4.78 is 52.2. The fraction of sp³-hybridized carbons (Fsp3) is 0.333. The Balaban J connectivity index is 2.36. The summed E-state index contributed by atoms with van der Waals surface area (Å²) in [7, 11) is 0. The summed E-state index contributed by atoms with van der Waals surface area (Å²) in [4.78, 5) is 7.50. The Hall–Kier alpha value is -2.09. The van der Waals surface area contributed by atoms with Crippen LogP contribution in [0.2, 0.25) is 5.02 Å². The van der Waals surface area contributed by atoms with E-state index < -0.39 is 17.7 Å². The van der Waals surface area contributed by atoms with Crippen molar-refractivity contribution in [2.75, 3.05) is 10.6 Å². The lowest BCUT2D eigenvalue weighted by Gasteiger charge is -2.15. The second kappa shape index (κ2) is 7.21. The van der Waals surface area contributed by atoms with Crippen molar-refractivity contribution in [1.29, 1.82) is 0 Å². The Kier molecular flexibility index (Phi) is 5.48. The zero-order valence-electron chi connectivity index (χ0n) is 12.9. The maximum atomic E-state index is 13.2. The van der Waals surface area contributed by atoms with Crippen molar-refractivity contribution in [2.24, 2.45) is 0 Å². The number of hydrogen-bond acceptors (Lipinski definition) is 4. The molecule has 2 N–H and O–H groups in total. The van der Waals surface area contributed by atoms with Gasteiger partial charge in [-0.25, -0.2) is 9.37 Å². The minimum atomic E-state index is -4.62. The third-order valence-corrected chi connectivity index (χ3v) is 3.49. The molecule has 0 saturated carbocycles. The molecule has 1 aromatic heterocycles. The van der Waals surface area contributed by atoms with Crippen LogP contribution in [0.1, 0.15) is 26.0 Å². The quantitative estimate of drug-likeness (QED) is 0.714. The summed E-state index contributed by atoms with van der Waals surface area (Å²) in [6, 6.07) is 4.39. The molecule has 2 aromatic rings. The molecule has 0 saturated heterocycles. The van der Waals surface area contributed by atoms with Gasteiger partial charge in [-0.05, 0) is 31.5 Å². The largest absolute Gasteiger partial charge is 0.433 e. The molecule has 9 heteroatoms. The number of halogens is 5. The van der Waals surface area contributed by atoms with Gasteiger partial charge >= 0.3 is 6.18 Å². The highest BCUT2D eigenvalue weighted by molar-refractivity contribution is 6.31. The van der Waals surface area contributed by atoms with Crippen LogP contribution in [-0.4, -0.2) is 16.0 Å². The van der Waals surface area contributed by atoms with Crippen LogP contribution in [0, 0.1) is 5.82 Å². The van der Waals surface area contributed by atoms with Crippen LogP contribution in [0.15, 0.2) is 24.3 Å². The Morgan fingerprint density at radius 3 is 2.50 bits per heavy atom. The predicted octanol–water partition coefficient (Wildman–Crippen LogP) is 5.24. The first-order valence-corrected chi connectivity index (χ1v) is 7.51. The van der Waals surface area contributed by atoms with Crippen LogP contribution in [-0.2, 0) is 6.18 Å². The molecule has 1 atom stereocenters. The monoisotopic (exact) mass is 362 g/mol. The van der Waals surface area contributed by atoms with E-state index >= 15 is 0 Å². The van der Waals surface area contributed by atoms with Crippen molar-refractivity contribution >= 4 is 29.1 Å². The first-order chi connectivity index (χ1) is 11.2. The Bertz CT molecular complexity index is 721. The van der Waals surface area contributed by atoms with Gasteiger partial charge in [0.15, 0.2) is 5.69 Å². The van der Waals surface area contributed by atoms with E-state index in [4.69, 9.17) is 11.6 Å². The summed E-state index contributed by atoms with van der Waals surface area (Å²) in [5.74, 6) is -0.847. The van der Waals surface area contributed by atoms with Gasteiger partial charge in [-0.3, -0.25) is 0 Å². The highest BCUT2D eigenvalue weighted by Gasteiger charge is 2.34. The van der Waals surface area contributed by atoms with Crippen LogP contribution >= 0.6 is 11.6 Å². The zero-order valence-corrected chi connectivity index (χ0v) is 13.6. The lowest BCUT2D eigenvalue weighted by Crippen LogP contribution is -2.18. The van der Waals surface area contributed by atoms with Crippen LogP contribution in [0.5, 0.6) is 0 Å². The summed E-state index contributed by atoms with van der Waals surface area (Å²) in [5.41, 5.74) is -0.776. The summed E-state index contributed by atoms with van der Waals surface area (Å²) in [6.45, 7) is 3.68. The maximum absolute atomic E-state index is 13.2. The lowest BCUT2D eigenvalue weighted by atomic mass is 10.3. The maximum Gasteiger partial charge on any atom is 0.433 e. The smallest absolute Gasteiger partial charge is 0.352 e. The summed E-state index contributed by atoms with van der Waals surface area (Å²) in [6.07, 6.45) is -3.93. The summed E-state index contributed by atoms with van der Waals surface area (Å²) >= 11 is 5.66. The molecule has 130 valence electrons. The van der Waals surface area contributed by atoms with Crippen LogP contribution in [0.3, 0.4) is 0 Å². The number of alkyl halides is 3. The molecule has 0 aliphatic carbocycles. The van der Waals surface area contributed by atoms with Gasteiger partial charge in [-0.15, -0.1) is 0 Å². The first-order valence-electron chi connectivity index (χ1n) is 7.14. The zero-order chi connectivity index (χ0) is 17.9. The first kappa shape index (κ1) is 18.3. The molecule has 1 heterocycles. The van der Waals surface area contributed by atoms with Gasteiger partial charge in [-0.1, -0.05) is 18.5 Å². The van der Waals surface area contributed by atoms with Gasteiger partial charge in [-0.2, -0.15) is 18.2 Å². The molecule has 0 fully saturated rings. The Labute approximate surface area is 141 Å². The molecule has 0 radical (unpaired) electrons. The topological polar surface area (TPSA) is 49.8 Å². The number of benzene rings is 1. The van der Waals surface area contributed by atoms with Crippen LogP contribution in [0.25, 0.3) is 0 Å². The molecule has 0 spiro atoms. The lowest BCUT2D eigenvalue weighted by molar-refractivity contribution is -0.141. The highest BCUT2D eigenvalue weighted by atomic mass is 35.5. The minimum absolute atomic E-state index is 0.0780. The third kappa shape index (κ3) is 4.70. The van der Waals surface area contributed by atoms with Gasteiger partial charge in [0.2, 0.25) is 5.95 Å². The van der Waals surface area contributed by atoms with Gasteiger partial charge in [0.25, 0.3) is 0 Å². The predicted molar refractivity (Wildman–Crippen MR) is 85.1 cm³/mol. The van der Waals surface area contributed by atoms with Gasteiger partial charge in [0.1, 0.15) is 11.6 Å². The normalized spacial score (nSPS) is 12.8. The van der Waals surface area contributed by atoms with E-state index in [2.05, 4.69) is 20.6 Å². The molecule has 24 heavy (non-hydrogen) atoms. The molecule has 2 rings (SSSR count). The SMILES string of the molecule is CC[C@@H](C)Nc1nc(Nc2ccc(F)c(Cl)c2)cc(C(F)(F)F)n1. The molecule has 0 aliphatic heterocycles. The van der Waals surface area contributed by atoms with Gasteiger partial charge < -0.3 is 10.6 Å². The fourth-order valence-corrected chi connectivity index (χ4v) is 1.95. The number of hydrogen-bond donors (Lipinski definition) is 2. The average molecular weight is 363 g/mol. The van der Waals surface area contributed by atoms with E-state index in [1.165, 1.54) is 12.1 Å². The van der Waals surface area contributed by atoms with Gasteiger partial charge in [0.05, 0.1) is 5.02 Å². The number of rotatable bonds is 5. The Morgan fingerprint density at radius 1 is 1.21 bits per heavy atom. The van der Waals surface area contributed by atoms with E-state index in [1.807, 2.05) is 6.92 Å². The standard InChI is InChI=1S/C15H15ClF4N4/c1-3-8(2)21-14-23-12(15(18,19)20)7-13(24-14)22-9-4-5-11(17)10(16)6-9/h4-8H,3H2,1-2H3,(H2,21,22,23,24)/t8-/m1/s1. The number of anilines is 3. The second-order valence-corrected chi connectivity index (χ2v) is 5.57. The average Bonchev–Trinajstić information content (AvgIpc) is 2.49. The van der Waals surface area contributed by atoms with Crippen molar-refractivity contribution in [3.8, 4) is 0 Å². The molecule has 4 nitrogen and oxygen atoms in total. The number of aromatic nitrogens is 2. The minimum Gasteiger partial charge on any atom is -0.352 e. The molecular formula is C15H15ClF4N4. The molecule has 0 bridgehead atoms. The van der Waals surface area contributed by atoms with Crippen molar-refractivity contribution in [3.05, 3.63) is 40.8 Å². The summed E-state index contributed by atoms with van der Waals surface area (Å²) in [5, 5.41) is 5.33. The van der Waals surface area contributed by atoms with Gasteiger partial charge in [0, 0.05) is 17.8 Å². The molecule has 0 unspecified atom stereocenters. The molecule has 0 aliphatic rings. The Morgan fingerprint density at radius 2 is 1.92 bits per heavy atom. The third-order valence-electron chi connectivity index (χ3n) is 3.20. The van der Waals surface area contributed by atoms with Crippen molar-refractivity contribution in [3.63, 3.8) is 0 Å². The number of nitrogens with zero attached hydrogens (tertiary/aromatic N) is 2. The van der Waals surface area contributed by atoms with E-state index in [9.17, 15) is 17.6 Å². The van der Waals surface area contributed by atoms with Crippen LogP contribution in [0.4, 0.5) is 35.0 Å². The molecule has 0 amide bonds. The van der Waals surface area contributed by atoms with E-state index in [0.717, 1.165) is 12.1 Å². The van der Waals surface area contributed by atoms with Crippen molar-refractivity contribution < 1.29 is 17.6 Å². The van der Waals surface area contributed by atoms with Crippen LogP contribution < -0.4 is 10.6 Å². The number of nitrogens with one attached hydrogen (secondary N) is 2.